The first kappa shape index (κ1) is 12.5. The van der Waals surface area contributed by atoms with Crippen molar-refractivity contribution in [2.75, 3.05) is 5.73 Å². The molecule has 4 rings (SSSR count). The topological polar surface area (TPSA) is 43.8 Å². The van der Waals surface area contributed by atoms with Gasteiger partial charge >= 0.3 is 0 Å². The highest BCUT2D eigenvalue weighted by Crippen LogP contribution is 2.36. The van der Waals surface area contributed by atoms with E-state index >= 15 is 0 Å². The summed E-state index contributed by atoms with van der Waals surface area (Å²) in [5, 5.41) is 0. The Balaban J connectivity index is 1.95. The molecule has 0 bridgehead atoms. The molecule has 1 unspecified atom stereocenters. The molecule has 0 aliphatic heterocycles. The molecule has 2 aromatic carbocycles. The van der Waals surface area contributed by atoms with Crippen LogP contribution in [0.1, 0.15) is 35.6 Å². The van der Waals surface area contributed by atoms with E-state index in [-0.39, 0.29) is 0 Å². The molecule has 3 aromatic rings. The fourth-order valence-corrected chi connectivity index (χ4v) is 3.55. The van der Waals surface area contributed by atoms with E-state index in [2.05, 4.69) is 58.9 Å². The van der Waals surface area contributed by atoms with Gasteiger partial charge in [-0.05, 0) is 55.0 Å². The predicted molar refractivity (Wildman–Crippen MR) is 86.4 cm³/mol. The van der Waals surface area contributed by atoms with Crippen LogP contribution in [0, 0.1) is 6.92 Å². The number of anilines is 1. The van der Waals surface area contributed by atoms with Gasteiger partial charge in [0.1, 0.15) is 0 Å². The number of rotatable bonds is 1. The number of aryl methyl sites for hydroxylation is 2. The molecule has 21 heavy (non-hydrogen) atoms. The van der Waals surface area contributed by atoms with E-state index in [1.165, 1.54) is 23.1 Å². The lowest BCUT2D eigenvalue weighted by molar-refractivity contribution is 0.504. The summed E-state index contributed by atoms with van der Waals surface area (Å²) in [7, 11) is 0. The van der Waals surface area contributed by atoms with Crippen molar-refractivity contribution in [2.24, 2.45) is 0 Å². The lowest BCUT2D eigenvalue weighted by Crippen LogP contribution is -2.18. The van der Waals surface area contributed by atoms with E-state index in [9.17, 15) is 0 Å². The molecular weight excluding hydrogens is 258 g/mol. The summed E-state index contributed by atoms with van der Waals surface area (Å²) in [6, 6.07) is 15.4. The number of imidazole rings is 1. The highest BCUT2D eigenvalue weighted by Gasteiger charge is 2.24. The normalized spacial score (nSPS) is 17.9. The van der Waals surface area contributed by atoms with E-state index < -0.39 is 0 Å². The van der Waals surface area contributed by atoms with Crippen molar-refractivity contribution >= 4 is 17.0 Å². The molecular formula is C18H19N3. The number of hydrogen-bond donors (Lipinski definition) is 1. The van der Waals surface area contributed by atoms with Crippen LogP contribution in [-0.4, -0.2) is 9.55 Å². The minimum atomic E-state index is 0.307. The van der Waals surface area contributed by atoms with Crippen LogP contribution < -0.4 is 5.73 Å². The van der Waals surface area contributed by atoms with Crippen molar-refractivity contribution < 1.29 is 0 Å². The van der Waals surface area contributed by atoms with Gasteiger partial charge in [-0.15, -0.1) is 0 Å². The third-order valence-corrected chi connectivity index (χ3v) is 4.52. The summed E-state index contributed by atoms with van der Waals surface area (Å²) < 4.78 is 2.22. The van der Waals surface area contributed by atoms with Crippen LogP contribution in [0.25, 0.3) is 11.0 Å². The Labute approximate surface area is 124 Å². The second kappa shape index (κ2) is 4.62. The van der Waals surface area contributed by atoms with Gasteiger partial charge in [0.25, 0.3) is 0 Å². The fraction of sp³-hybridized carbons (Fsp3) is 0.278. The second-order valence-corrected chi connectivity index (χ2v) is 5.94. The minimum Gasteiger partial charge on any atom is -0.369 e. The second-order valence-electron chi connectivity index (χ2n) is 5.94. The number of fused-ring (bicyclic) bond motifs is 2. The number of benzene rings is 2. The van der Waals surface area contributed by atoms with Gasteiger partial charge in [-0.3, -0.25) is 0 Å². The van der Waals surface area contributed by atoms with Crippen LogP contribution in [0.4, 0.5) is 5.95 Å². The van der Waals surface area contributed by atoms with E-state index in [1.54, 1.807) is 0 Å². The van der Waals surface area contributed by atoms with Gasteiger partial charge in [0.15, 0.2) is 0 Å². The molecule has 0 saturated heterocycles. The first-order valence-electron chi connectivity index (χ1n) is 7.56. The van der Waals surface area contributed by atoms with E-state index in [4.69, 9.17) is 5.73 Å². The lowest BCUT2D eigenvalue weighted by atomic mass is 9.87. The highest BCUT2D eigenvalue weighted by atomic mass is 15.2. The van der Waals surface area contributed by atoms with Gasteiger partial charge in [0.05, 0.1) is 17.1 Å². The molecule has 0 fully saturated rings. The maximum absolute atomic E-state index is 6.24. The van der Waals surface area contributed by atoms with Crippen molar-refractivity contribution in [1.29, 1.82) is 0 Å². The van der Waals surface area contributed by atoms with Crippen molar-refractivity contribution in [2.45, 2.75) is 32.2 Å². The van der Waals surface area contributed by atoms with Crippen molar-refractivity contribution in [3.8, 4) is 0 Å². The Kier molecular flexibility index (Phi) is 2.74. The van der Waals surface area contributed by atoms with Gasteiger partial charge in [-0.2, -0.15) is 0 Å². The standard InChI is InChI=1S/C18H19N3/c1-12-9-10-15-17(11-12)21(18(19)20-15)16-8-4-6-13-5-2-3-7-14(13)16/h2-3,5,7,9-11,16H,4,6,8H2,1H3,(H2,19,20). The average molecular weight is 277 g/mol. The Morgan fingerprint density at radius 1 is 1.19 bits per heavy atom. The molecule has 106 valence electrons. The largest absolute Gasteiger partial charge is 0.369 e. The minimum absolute atomic E-state index is 0.307. The summed E-state index contributed by atoms with van der Waals surface area (Å²) in [4.78, 5) is 4.54. The zero-order valence-electron chi connectivity index (χ0n) is 12.2. The third-order valence-electron chi connectivity index (χ3n) is 4.52. The van der Waals surface area contributed by atoms with Crippen LogP contribution in [0.3, 0.4) is 0 Å². The third kappa shape index (κ3) is 1.92. The van der Waals surface area contributed by atoms with E-state index in [0.717, 1.165) is 23.9 Å². The summed E-state index contributed by atoms with van der Waals surface area (Å²) >= 11 is 0. The maximum Gasteiger partial charge on any atom is 0.201 e. The summed E-state index contributed by atoms with van der Waals surface area (Å²) in [5.74, 6) is 0.623. The quantitative estimate of drug-likeness (QED) is 0.734. The van der Waals surface area contributed by atoms with Crippen LogP contribution in [0.2, 0.25) is 0 Å². The zero-order chi connectivity index (χ0) is 14.4. The van der Waals surface area contributed by atoms with Gasteiger partial charge in [0.2, 0.25) is 5.95 Å². The number of hydrogen-bond acceptors (Lipinski definition) is 2. The molecule has 1 aliphatic carbocycles. The number of nitrogen functional groups attached to an aromatic ring is 1. The molecule has 1 atom stereocenters. The molecule has 0 amide bonds. The molecule has 1 aliphatic rings. The van der Waals surface area contributed by atoms with Gasteiger partial charge in [-0.25, -0.2) is 4.98 Å². The summed E-state index contributed by atoms with van der Waals surface area (Å²) in [6.45, 7) is 2.11. The SMILES string of the molecule is Cc1ccc2nc(N)n(C3CCCc4ccccc43)c2c1. The van der Waals surface area contributed by atoms with E-state index in [0.29, 0.717) is 12.0 Å². The maximum atomic E-state index is 6.24. The first-order chi connectivity index (χ1) is 10.2. The monoisotopic (exact) mass is 277 g/mol. The molecule has 1 aromatic heterocycles. The molecule has 1 heterocycles. The Morgan fingerprint density at radius 3 is 2.95 bits per heavy atom. The summed E-state index contributed by atoms with van der Waals surface area (Å²) in [5.41, 5.74) is 12.5. The van der Waals surface area contributed by atoms with Crippen LogP contribution in [-0.2, 0) is 6.42 Å². The number of aromatic nitrogens is 2. The highest BCUT2D eigenvalue weighted by molar-refractivity contribution is 5.79. The molecule has 3 heteroatoms. The van der Waals surface area contributed by atoms with Crippen molar-refractivity contribution in [3.63, 3.8) is 0 Å². The van der Waals surface area contributed by atoms with Crippen molar-refractivity contribution in [1.82, 2.24) is 9.55 Å². The summed E-state index contributed by atoms with van der Waals surface area (Å²) in [6.07, 6.45) is 3.49. The lowest BCUT2D eigenvalue weighted by Gasteiger charge is -2.27. The van der Waals surface area contributed by atoms with Gasteiger partial charge in [-0.1, -0.05) is 30.3 Å². The Hall–Kier alpha value is -2.29. The average Bonchev–Trinajstić information content (AvgIpc) is 2.82. The van der Waals surface area contributed by atoms with E-state index in [1.807, 2.05) is 0 Å². The smallest absolute Gasteiger partial charge is 0.201 e. The number of nitrogens with zero attached hydrogens (tertiary/aromatic N) is 2. The molecule has 2 N–H and O–H groups in total. The molecule has 3 nitrogen and oxygen atoms in total. The van der Waals surface area contributed by atoms with Crippen LogP contribution >= 0.6 is 0 Å². The molecule has 0 spiro atoms. The number of nitrogens with two attached hydrogens (primary N) is 1. The van der Waals surface area contributed by atoms with Crippen LogP contribution in [0.5, 0.6) is 0 Å². The van der Waals surface area contributed by atoms with Crippen molar-refractivity contribution in [3.05, 3.63) is 59.2 Å². The van der Waals surface area contributed by atoms with Gasteiger partial charge < -0.3 is 10.3 Å². The first-order valence-corrected chi connectivity index (χ1v) is 7.56. The van der Waals surface area contributed by atoms with Crippen LogP contribution in [0.15, 0.2) is 42.5 Å². The Morgan fingerprint density at radius 2 is 2.05 bits per heavy atom. The molecule has 0 radical (unpaired) electrons. The zero-order valence-corrected chi connectivity index (χ0v) is 12.2. The fourth-order valence-electron chi connectivity index (χ4n) is 3.55. The molecule has 0 saturated carbocycles. The van der Waals surface area contributed by atoms with Gasteiger partial charge in [0, 0.05) is 0 Å². The Bertz CT molecular complexity index is 816. The predicted octanol–water partition coefficient (Wildman–Crippen LogP) is 3.85.